The zero-order chi connectivity index (χ0) is 20.9. The van der Waals surface area contributed by atoms with Gasteiger partial charge in [-0.3, -0.25) is 9.59 Å². The first-order chi connectivity index (χ1) is 14.6. The number of amides is 2. The van der Waals surface area contributed by atoms with Crippen LogP contribution in [0.15, 0.2) is 46.5 Å². The molecule has 1 saturated heterocycles. The van der Waals surface area contributed by atoms with Crippen LogP contribution in [0.3, 0.4) is 0 Å². The van der Waals surface area contributed by atoms with Crippen LogP contribution in [0.25, 0.3) is 0 Å². The largest absolute Gasteiger partial charge is 0.446 e. The summed E-state index contributed by atoms with van der Waals surface area (Å²) in [4.78, 5) is 36.5. The molecule has 8 heteroatoms. The number of benzene rings is 1. The van der Waals surface area contributed by atoms with Gasteiger partial charge < -0.3 is 14.6 Å². The van der Waals surface area contributed by atoms with Crippen molar-refractivity contribution in [2.75, 3.05) is 13.1 Å². The average Bonchev–Trinajstić information content (AvgIpc) is 3.43. The Morgan fingerprint density at radius 1 is 1.20 bits per heavy atom. The summed E-state index contributed by atoms with van der Waals surface area (Å²) in [6, 6.07) is 9.31. The van der Waals surface area contributed by atoms with Crippen LogP contribution in [0.1, 0.15) is 62.6 Å². The topological polar surface area (TPSA) is 88.3 Å². The molecule has 2 aromatic heterocycles. The summed E-state index contributed by atoms with van der Waals surface area (Å²) in [7, 11) is 0. The average molecular weight is 425 g/mol. The van der Waals surface area contributed by atoms with Crippen LogP contribution in [0.2, 0.25) is 0 Å². The van der Waals surface area contributed by atoms with Gasteiger partial charge in [-0.2, -0.15) is 0 Å². The predicted molar refractivity (Wildman–Crippen MR) is 113 cm³/mol. The third-order valence-corrected chi connectivity index (χ3v) is 6.15. The highest BCUT2D eigenvalue weighted by Crippen LogP contribution is 2.22. The third-order valence-electron chi connectivity index (χ3n) is 5.22. The summed E-state index contributed by atoms with van der Waals surface area (Å²) < 4.78 is 5.67. The number of nitrogens with zero attached hydrogens (tertiary/aromatic N) is 3. The van der Waals surface area contributed by atoms with Crippen LogP contribution >= 0.6 is 11.3 Å². The second-order valence-electron chi connectivity index (χ2n) is 7.41. The van der Waals surface area contributed by atoms with Crippen molar-refractivity contribution in [3.63, 3.8) is 0 Å². The molecule has 1 fully saturated rings. The number of hydrogen-bond donors (Lipinski definition) is 1. The van der Waals surface area contributed by atoms with Crippen LogP contribution in [0.5, 0.6) is 0 Å². The Balaban J connectivity index is 1.56. The SMILES string of the molecule is Cc1ncsc1C(=O)N[C@H](Cc1ccccc1)c1nc(C(=O)N2CCCCC2)co1. The zero-order valence-corrected chi connectivity index (χ0v) is 17.7. The zero-order valence-electron chi connectivity index (χ0n) is 16.8. The van der Waals surface area contributed by atoms with Gasteiger partial charge in [0.05, 0.1) is 11.2 Å². The van der Waals surface area contributed by atoms with E-state index in [9.17, 15) is 9.59 Å². The summed E-state index contributed by atoms with van der Waals surface area (Å²) in [6.45, 7) is 3.30. The number of oxazole rings is 1. The number of carbonyl (C=O) groups excluding carboxylic acids is 2. The lowest BCUT2D eigenvalue weighted by Gasteiger charge is -2.25. The molecule has 2 amide bonds. The number of aryl methyl sites for hydroxylation is 1. The minimum atomic E-state index is -0.496. The van der Waals surface area contributed by atoms with E-state index in [2.05, 4.69) is 15.3 Å². The predicted octanol–water partition coefficient (Wildman–Crippen LogP) is 3.78. The fourth-order valence-electron chi connectivity index (χ4n) is 3.60. The number of carbonyl (C=O) groups is 2. The summed E-state index contributed by atoms with van der Waals surface area (Å²) in [5, 5.41) is 3.01. The summed E-state index contributed by atoms with van der Waals surface area (Å²) in [6.07, 6.45) is 5.07. The Bertz CT molecular complexity index is 1010. The molecule has 4 rings (SSSR count). The van der Waals surface area contributed by atoms with Crippen molar-refractivity contribution in [3.8, 4) is 0 Å². The molecule has 0 spiro atoms. The molecule has 1 aromatic carbocycles. The molecule has 0 saturated carbocycles. The molecule has 1 aliphatic rings. The van der Waals surface area contributed by atoms with Gasteiger partial charge in [-0.1, -0.05) is 30.3 Å². The van der Waals surface area contributed by atoms with Gasteiger partial charge in [-0.05, 0) is 31.7 Å². The molecule has 156 valence electrons. The van der Waals surface area contributed by atoms with Crippen molar-refractivity contribution in [3.05, 3.63) is 69.8 Å². The highest BCUT2D eigenvalue weighted by Gasteiger charge is 2.26. The number of hydrogen-bond acceptors (Lipinski definition) is 6. The van der Waals surface area contributed by atoms with Gasteiger partial charge in [0.15, 0.2) is 5.69 Å². The number of aromatic nitrogens is 2. The van der Waals surface area contributed by atoms with E-state index in [0.717, 1.165) is 37.9 Å². The maximum Gasteiger partial charge on any atom is 0.275 e. The Morgan fingerprint density at radius 3 is 2.67 bits per heavy atom. The Morgan fingerprint density at radius 2 is 1.97 bits per heavy atom. The molecule has 7 nitrogen and oxygen atoms in total. The number of nitrogens with one attached hydrogen (secondary N) is 1. The van der Waals surface area contributed by atoms with E-state index in [0.29, 0.717) is 22.9 Å². The second kappa shape index (κ2) is 9.21. The van der Waals surface area contributed by atoms with Gasteiger partial charge in [0.25, 0.3) is 11.8 Å². The first kappa shape index (κ1) is 20.3. The lowest BCUT2D eigenvalue weighted by Crippen LogP contribution is -2.36. The van der Waals surface area contributed by atoms with Crippen LogP contribution in [-0.4, -0.2) is 39.8 Å². The van der Waals surface area contributed by atoms with Gasteiger partial charge in [0.1, 0.15) is 17.2 Å². The van der Waals surface area contributed by atoms with Crippen molar-refractivity contribution >= 4 is 23.2 Å². The van der Waals surface area contributed by atoms with Crippen LogP contribution in [-0.2, 0) is 6.42 Å². The highest BCUT2D eigenvalue weighted by molar-refractivity contribution is 7.11. The lowest BCUT2D eigenvalue weighted by atomic mass is 10.1. The number of rotatable bonds is 6. The molecular formula is C22H24N4O3S. The van der Waals surface area contributed by atoms with Gasteiger partial charge in [-0.25, -0.2) is 9.97 Å². The Kier molecular flexibility index (Phi) is 6.23. The van der Waals surface area contributed by atoms with E-state index in [1.807, 2.05) is 35.2 Å². The fourth-order valence-corrected chi connectivity index (χ4v) is 4.30. The standard InChI is InChI=1S/C22H24N4O3S/c1-15-19(30-14-23-15)20(27)24-17(12-16-8-4-2-5-9-16)21-25-18(13-29-21)22(28)26-10-6-3-7-11-26/h2,4-5,8-9,13-14,17H,3,6-7,10-12H2,1H3,(H,24,27)/t17-/m1/s1. The minimum absolute atomic E-state index is 0.118. The van der Waals surface area contributed by atoms with Crippen molar-refractivity contribution < 1.29 is 14.0 Å². The third kappa shape index (κ3) is 4.59. The van der Waals surface area contributed by atoms with Crippen molar-refractivity contribution in [2.24, 2.45) is 0 Å². The van der Waals surface area contributed by atoms with Crippen molar-refractivity contribution in [1.29, 1.82) is 0 Å². The van der Waals surface area contributed by atoms with E-state index in [-0.39, 0.29) is 17.5 Å². The molecule has 3 aromatic rings. The van der Waals surface area contributed by atoms with Gasteiger partial charge in [-0.15, -0.1) is 11.3 Å². The molecule has 0 radical (unpaired) electrons. The quantitative estimate of drug-likeness (QED) is 0.651. The molecule has 1 aliphatic heterocycles. The van der Waals surface area contributed by atoms with Crippen LogP contribution in [0, 0.1) is 6.92 Å². The number of thiazole rings is 1. The monoisotopic (exact) mass is 424 g/mol. The summed E-state index contributed by atoms with van der Waals surface area (Å²) in [5.74, 6) is -0.0134. The molecule has 1 N–H and O–H groups in total. The smallest absolute Gasteiger partial charge is 0.275 e. The summed E-state index contributed by atoms with van der Waals surface area (Å²) in [5.41, 5.74) is 3.65. The van der Waals surface area contributed by atoms with Gasteiger partial charge in [0.2, 0.25) is 5.89 Å². The highest BCUT2D eigenvalue weighted by atomic mass is 32.1. The van der Waals surface area contributed by atoms with Gasteiger partial charge >= 0.3 is 0 Å². The molecule has 0 unspecified atom stereocenters. The van der Waals surface area contributed by atoms with E-state index in [1.54, 1.807) is 12.4 Å². The van der Waals surface area contributed by atoms with Crippen LogP contribution in [0.4, 0.5) is 0 Å². The Labute approximate surface area is 179 Å². The maximum atomic E-state index is 12.8. The van der Waals surface area contributed by atoms with E-state index in [4.69, 9.17) is 4.42 Å². The first-order valence-electron chi connectivity index (χ1n) is 10.1. The Hall–Kier alpha value is -3.00. The van der Waals surface area contributed by atoms with E-state index in [1.165, 1.54) is 17.6 Å². The van der Waals surface area contributed by atoms with Crippen LogP contribution < -0.4 is 5.32 Å². The van der Waals surface area contributed by atoms with E-state index < -0.39 is 6.04 Å². The molecule has 0 aliphatic carbocycles. The lowest BCUT2D eigenvalue weighted by molar-refractivity contribution is 0.0718. The molecule has 30 heavy (non-hydrogen) atoms. The van der Waals surface area contributed by atoms with E-state index >= 15 is 0 Å². The fraction of sp³-hybridized carbons (Fsp3) is 0.364. The molecule has 1 atom stereocenters. The first-order valence-corrected chi connectivity index (χ1v) is 11.0. The molecular weight excluding hydrogens is 400 g/mol. The molecule has 0 bridgehead atoms. The van der Waals surface area contributed by atoms with Gasteiger partial charge in [0, 0.05) is 19.5 Å². The van der Waals surface area contributed by atoms with Crippen molar-refractivity contribution in [1.82, 2.24) is 20.2 Å². The number of piperidine rings is 1. The summed E-state index contributed by atoms with van der Waals surface area (Å²) >= 11 is 1.30. The maximum absolute atomic E-state index is 12.8. The number of likely N-dealkylation sites (tertiary alicyclic amines) is 1. The van der Waals surface area contributed by atoms with Crippen molar-refractivity contribution in [2.45, 2.75) is 38.6 Å². The second-order valence-corrected chi connectivity index (χ2v) is 8.26. The minimum Gasteiger partial charge on any atom is -0.446 e. The normalized spacial score (nSPS) is 15.0. The molecule has 3 heterocycles.